The van der Waals surface area contributed by atoms with Crippen LogP contribution in [0.5, 0.6) is 0 Å². The van der Waals surface area contributed by atoms with E-state index in [9.17, 15) is 0 Å². The summed E-state index contributed by atoms with van der Waals surface area (Å²) in [6, 6.07) is 1.83. The number of allylic oxidation sites excluding steroid dienone is 1. The maximum absolute atomic E-state index is 3.85. The molecular weight excluding hydrogens is 254 g/mol. The van der Waals surface area contributed by atoms with Crippen LogP contribution < -0.4 is 0 Å². The molecule has 20 heavy (non-hydrogen) atoms. The molecule has 0 aliphatic carbocycles. The van der Waals surface area contributed by atoms with E-state index in [4.69, 9.17) is 0 Å². The molecule has 0 saturated heterocycles. The molecule has 4 heterocycles. The lowest BCUT2D eigenvalue weighted by molar-refractivity contribution is 1.09. The number of nitrogens with zero attached hydrogens (tertiary/aromatic N) is 4. The Balaban J connectivity index is 0.000000133. The lowest BCUT2D eigenvalue weighted by Crippen LogP contribution is -1.54. The highest BCUT2D eigenvalue weighted by Crippen LogP contribution is 1.78. The van der Waals surface area contributed by atoms with Gasteiger partial charge in [-0.1, -0.05) is 6.08 Å². The number of aromatic nitrogens is 6. The highest BCUT2D eigenvalue weighted by atomic mass is 15.1. The van der Waals surface area contributed by atoms with Gasteiger partial charge >= 0.3 is 0 Å². The maximum Gasteiger partial charge on any atom is 0.0919 e. The number of rotatable bonds is 0. The molecule has 3 aromatic heterocycles. The highest BCUT2D eigenvalue weighted by Gasteiger charge is 1.72. The Morgan fingerprint density at radius 2 is 1.60 bits per heavy atom. The van der Waals surface area contributed by atoms with Gasteiger partial charge in [0.25, 0.3) is 0 Å². The first-order chi connectivity index (χ1) is 10.0. The fourth-order valence-corrected chi connectivity index (χ4v) is 0.950. The molecule has 3 aromatic rings. The number of aromatic amines is 3. The number of hydrogen-bond acceptors (Lipinski definition) is 4. The van der Waals surface area contributed by atoms with Crippen molar-refractivity contribution in [3.05, 3.63) is 68.1 Å². The topological polar surface area (TPSA) is 98.4 Å². The summed E-state index contributed by atoms with van der Waals surface area (Å²) in [5.41, 5.74) is 0. The highest BCUT2D eigenvalue weighted by molar-refractivity contribution is 5.73. The third-order valence-electron chi connectivity index (χ3n) is 1.76. The summed E-state index contributed by atoms with van der Waals surface area (Å²) < 4.78 is 0. The second kappa shape index (κ2) is 12.5. The Bertz CT molecular complexity index is 385. The van der Waals surface area contributed by atoms with E-state index in [1.165, 1.54) is 0 Å². The molecule has 0 radical (unpaired) electrons. The first kappa shape index (κ1) is 15.1. The predicted octanol–water partition coefficient (Wildman–Crippen LogP) is 1.86. The van der Waals surface area contributed by atoms with E-state index in [0.717, 1.165) is 6.54 Å². The van der Waals surface area contributed by atoms with Crippen LogP contribution in [0.3, 0.4) is 0 Å². The van der Waals surface area contributed by atoms with Crippen LogP contribution in [0.4, 0.5) is 0 Å². The average Bonchev–Trinajstić information content (AvgIpc) is 3.40. The van der Waals surface area contributed by atoms with Crippen LogP contribution in [0.15, 0.2) is 73.0 Å². The van der Waals surface area contributed by atoms with Gasteiger partial charge in [0.05, 0.1) is 19.2 Å². The third-order valence-corrected chi connectivity index (χ3v) is 1.76. The van der Waals surface area contributed by atoms with E-state index in [-0.39, 0.29) is 0 Å². The van der Waals surface area contributed by atoms with Crippen molar-refractivity contribution in [2.75, 3.05) is 6.54 Å². The number of hydrogen-bond donors (Lipinski definition) is 3. The predicted molar refractivity (Wildman–Crippen MR) is 78.3 cm³/mol. The molecule has 0 amide bonds. The summed E-state index contributed by atoms with van der Waals surface area (Å²) in [4.78, 5) is 16.7. The Morgan fingerprint density at radius 1 is 0.850 bits per heavy atom. The largest absolute Gasteiger partial charge is 0.351 e. The molecule has 3 N–H and O–H groups in total. The Kier molecular flexibility index (Phi) is 9.43. The van der Waals surface area contributed by atoms with Crippen LogP contribution in [0.2, 0.25) is 0 Å². The van der Waals surface area contributed by atoms with Crippen LogP contribution in [0.1, 0.15) is 0 Å². The molecule has 0 fully saturated rings. The van der Waals surface area contributed by atoms with Gasteiger partial charge in [0.15, 0.2) is 0 Å². The van der Waals surface area contributed by atoms with Crippen LogP contribution in [-0.4, -0.2) is 42.9 Å². The zero-order valence-corrected chi connectivity index (χ0v) is 10.9. The zero-order chi connectivity index (χ0) is 14.1. The van der Waals surface area contributed by atoms with Crippen LogP contribution in [-0.2, 0) is 0 Å². The van der Waals surface area contributed by atoms with Gasteiger partial charge in [-0.15, -0.1) is 0 Å². The van der Waals surface area contributed by atoms with E-state index in [1.54, 1.807) is 56.1 Å². The fraction of sp³-hybridized carbons (Fsp3) is 0.0769. The summed E-state index contributed by atoms with van der Waals surface area (Å²) in [6.07, 6.45) is 19.4. The van der Waals surface area contributed by atoms with Crippen molar-refractivity contribution >= 4 is 6.21 Å². The molecule has 104 valence electrons. The number of aliphatic imine (C=N–C) groups is 1. The van der Waals surface area contributed by atoms with Crippen LogP contribution >= 0.6 is 0 Å². The van der Waals surface area contributed by atoms with Gasteiger partial charge in [-0.25, -0.2) is 9.97 Å². The Labute approximate surface area is 116 Å². The normalized spacial score (nSPS) is 10.4. The Hall–Kier alpha value is -2.96. The molecular formula is C13H17N7. The second-order valence-electron chi connectivity index (χ2n) is 3.23. The minimum absolute atomic E-state index is 0.889. The first-order valence-electron chi connectivity index (χ1n) is 5.94. The quantitative estimate of drug-likeness (QED) is 0.582. The van der Waals surface area contributed by atoms with E-state index >= 15 is 0 Å². The zero-order valence-electron chi connectivity index (χ0n) is 10.9. The van der Waals surface area contributed by atoms with Gasteiger partial charge < -0.3 is 9.97 Å². The number of nitrogens with one attached hydrogen (secondary N) is 3. The van der Waals surface area contributed by atoms with Crippen molar-refractivity contribution < 1.29 is 0 Å². The molecule has 7 heteroatoms. The lowest BCUT2D eigenvalue weighted by Gasteiger charge is -1.60. The number of imidazole rings is 2. The van der Waals surface area contributed by atoms with Crippen molar-refractivity contribution in [2.24, 2.45) is 4.99 Å². The molecule has 1 aliphatic rings. The monoisotopic (exact) mass is 271 g/mol. The van der Waals surface area contributed by atoms with E-state index in [1.807, 2.05) is 18.2 Å². The molecule has 0 saturated carbocycles. The van der Waals surface area contributed by atoms with E-state index in [0.29, 0.717) is 0 Å². The standard InChI is InChI=1S/C4H5N.3C3H4N2/c1-2-4-5-3-1;2*1-2-5-3-4-1;1-2-4-5-3-1/h1-3H,4H2;3*1-3H,(H,4,5). The minimum Gasteiger partial charge on any atom is -0.351 e. The summed E-state index contributed by atoms with van der Waals surface area (Å²) >= 11 is 0. The molecule has 0 unspecified atom stereocenters. The smallest absolute Gasteiger partial charge is 0.0919 e. The van der Waals surface area contributed by atoms with Crippen LogP contribution in [0, 0.1) is 0 Å². The SMILES string of the molecule is C1=CCN=C1.c1c[nH]cn1.c1c[nH]cn1.c1cn[nH]c1. The van der Waals surface area contributed by atoms with Crippen molar-refractivity contribution in [2.45, 2.75) is 0 Å². The van der Waals surface area contributed by atoms with Gasteiger partial charge in [-0.05, 0) is 12.1 Å². The average molecular weight is 271 g/mol. The summed E-state index contributed by atoms with van der Waals surface area (Å²) in [5.74, 6) is 0. The summed E-state index contributed by atoms with van der Waals surface area (Å²) in [7, 11) is 0. The maximum atomic E-state index is 3.85. The molecule has 0 bridgehead atoms. The molecule has 0 aromatic carbocycles. The summed E-state index contributed by atoms with van der Waals surface area (Å²) in [5, 5.41) is 6.21. The van der Waals surface area contributed by atoms with Crippen molar-refractivity contribution in [1.29, 1.82) is 0 Å². The van der Waals surface area contributed by atoms with E-state index < -0.39 is 0 Å². The first-order valence-corrected chi connectivity index (χ1v) is 5.94. The molecule has 4 rings (SSSR count). The van der Waals surface area contributed by atoms with Crippen molar-refractivity contribution in [3.63, 3.8) is 0 Å². The van der Waals surface area contributed by atoms with Crippen molar-refractivity contribution in [3.8, 4) is 0 Å². The summed E-state index contributed by atoms with van der Waals surface area (Å²) in [6.45, 7) is 0.889. The molecule has 0 atom stereocenters. The van der Waals surface area contributed by atoms with Gasteiger partial charge in [0, 0.05) is 43.4 Å². The lowest BCUT2D eigenvalue weighted by atomic mass is 10.6. The minimum atomic E-state index is 0.889. The second-order valence-corrected chi connectivity index (χ2v) is 3.23. The Morgan fingerprint density at radius 3 is 1.75 bits per heavy atom. The third kappa shape index (κ3) is 10.2. The number of H-pyrrole nitrogens is 3. The van der Waals surface area contributed by atoms with Gasteiger partial charge in [-0.2, -0.15) is 5.10 Å². The van der Waals surface area contributed by atoms with Crippen molar-refractivity contribution in [1.82, 2.24) is 30.1 Å². The van der Waals surface area contributed by atoms with Gasteiger partial charge in [0.1, 0.15) is 0 Å². The fourth-order valence-electron chi connectivity index (χ4n) is 0.950. The van der Waals surface area contributed by atoms with Gasteiger partial charge in [0.2, 0.25) is 0 Å². The van der Waals surface area contributed by atoms with Crippen LogP contribution in [0.25, 0.3) is 0 Å². The van der Waals surface area contributed by atoms with E-state index in [2.05, 4.69) is 35.1 Å². The molecule has 7 nitrogen and oxygen atoms in total. The molecule has 1 aliphatic heterocycles. The molecule has 0 spiro atoms. The van der Waals surface area contributed by atoms with Gasteiger partial charge in [-0.3, -0.25) is 10.1 Å².